The van der Waals surface area contributed by atoms with Gasteiger partial charge in [0.25, 0.3) is 0 Å². The molecule has 6 nitrogen and oxygen atoms in total. The molecule has 0 saturated heterocycles. The van der Waals surface area contributed by atoms with Crippen molar-refractivity contribution in [1.29, 1.82) is 0 Å². The van der Waals surface area contributed by atoms with Crippen molar-refractivity contribution in [3.8, 4) is 0 Å². The van der Waals surface area contributed by atoms with E-state index in [0.29, 0.717) is 13.2 Å². The Morgan fingerprint density at radius 2 is 2.00 bits per heavy atom. The summed E-state index contributed by atoms with van der Waals surface area (Å²) in [5.41, 5.74) is 5.78. The highest BCUT2D eigenvalue weighted by molar-refractivity contribution is 5.77. The molecule has 0 aliphatic heterocycles. The normalized spacial score (nSPS) is 11.8. The van der Waals surface area contributed by atoms with E-state index in [0.717, 1.165) is 5.56 Å². The van der Waals surface area contributed by atoms with Crippen molar-refractivity contribution in [3.05, 3.63) is 35.9 Å². The molecule has 0 bridgehead atoms. The Bertz CT molecular complexity index is 422. The molecule has 0 spiro atoms. The van der Waals surface area contributed by atoms with Crippen molar-refractivity contribution in [3.63, 3.8) is 0 Å². The largest absolute Gasteiger partial charge is 0.465 e. The Morgan fingerprint density at radius 3 is 2.60 bits per heavy atom. The minimum Gasteiger partial charge on any atom is -0.465 e. The fourth-order valence-corrected chi connectivity index (χ4v) is 1.66. The molecular formula is C14H20N2O4. The zero-order valence-electron chi connectivity index (χ0n) is 11.5. The highest BCUT2D eigenvalue weighted by Gasteiger charge is 2.20. The van der Waals surface area contributed by atoms with Gasteiger partial charge >= 0.3 is 5.97 Å². The quantitative estimate of drug-likeness (QED) is 0.504. The molecule has 1 amide bonds. The number of nitrogens with two attached hydrogens (primary N) is 1. The summed E-state index contributed by atoms with van der Waals surface area (Å²) in [4.78, 5) is 22.4. The van der Waals surface area contributed by atoms with Gasteiger partial charge in [0.15, 0.2) is 0 Å². The number of rotatable bonds is 9. The molecule has 1 rings (SSSR count). The van der Waals surface area contributed by atoms with Crippen LogP contribution < -0.4 is 11.1 Å². The van der Waals surface area contributed by atoms with Gasteiger partial charge in [0.05, 0.1) is 13.2 Å². The van der Waals surface area contributed by atoms with Crippen LogP contribution in [0, 0.1) is 0 Å². The van der Waals surface area contributed by atoms with Gasteiger partial charge in [0.1, 0.15) is 12.6 Å². The van der Waals surface area contributed by atoms with Gasteiger partial charge in [-0.15, -0.1) is 0 Å². The number of carbonyl (C=O) groups excluding carboxylic acids is 2. The van der Waals surface area contributed by atoms with Crippen LogP contribution >= 0.6 is 0 Å². The van der Waals surface area contributed by atoms with Crippen molar-refractivity contribution in [2.45, 2.75) is 13.0 Å². The molecule has 1 atom stereocenters. The molecule has 0 radical (unpaired) electrons. The molecule has 1 aromatic carbocycles. The van der Waals surface area contributed by atoms with Gasteiger partial charge in [-0.2, -0.15) is 0 Å². The lowest BCUT2D eigenvalue weighted by Crippen LogP contribution is -2.33. The molecule has 1 unspecified atom stereocenters. The Kier molecular flexibility index (Phi) is 7.31. The van der Waals surface area contributed by atoms with Crippen molar-refractivity contribution in [2.24, 2.45) is 5.73 Å². The van der Waals surface area contributed by atoms with Crippen molar-refractivity contribution >= 4 is 11.9 Å². The first-order valence-electron chi connectivity index (χ1n) is 6.46. The number of hydrogen-bond donors (Lipinski definition) is 2. The SMILES string of the molecule is CCOC(=O)C(NCCOCC(N)=O)c1ccccc1. The van der Waals surface area contributed by atoms with E-state index < -0.39 is 11.9 Å². The van der Waals surface area contributed by atoms with Crippen molar-refractivity contribution in [2.75, 3.05) is 26.4 Å². The summed E-state index contributed by atoms with van der Waals surface area (Å²) in [7, 11) is 0. The minimum atomic E-state index is -0.548. The van der Waals surface area contributed by atoms with Crippen LogP contribution in [0.25, 0.3) is 0 Å². The number of ether oxygens (including phenoxy) is 2. The van der Waals surface area contributed by atoms with Gasteiger partial charge in [0, 0.05) is 6.54 Å². The van der Waals surface area contributed by atoms with Crippen molar-refractivity contribution < 1.29 is 19.1 Å². The molecule has 0 aliphatic rings. The predicted octanol–water partition coefficient (Wildman–Crippen LogP) is 0.382. The molecule has 6 heteroatoms. The van der Waals surface area contributed by atoms with Crippen LogP contribution in [0.5, 0.6) is 0 Å². The number of carbonyl (C=O) groups is 2. The zero-order chi connectivity index (χ0) is 14.8. The number of esters is 1. The maximum absolute atomic E-state index is 11.9. The van der Waals surface area contributed by atoms with Crippen LogP contribution in [0.4, 0.5) is 0 Å². The van der Waals surface area contributed by atoms with Gasteiger partial charge in [-0.1, -0.05) is 30.3 Å². The Hall–Kier alpha value is -1.92. The summed E-state index contributed by atoms with van der Waals surface area (Å²) in [6.07, 6.45) is 0. The van der Waals surface area contributed by atoms with E-state index in [1.54, 1.807) is 6.92 Å². The Balaban J connectivity index is 2.51. The minimum absolute atomic E-state index is 0.128. The van der Waals surface area contributed by atoms with Crippen LogP contribution in [-0.4, -0.2) is 38.2 Å². The van der Waals surface area contributed by atoms with Gasteiger partial charge in [0.2, 0.25) is 5.91 Å². The number of hydrogen-bond acceptors (Lipinski definition) is 5. The molecule has 110 valence electrons. The Labute approximate surface area is 118 Å². The first-order valence-corrected chi connectivity index (χ1v) is 6.46. The second-order valence-electron chi connectivity index (χ2n) is 4.07. The molecule has 0 heterocycles. The number of amides is 1. The Morgan fingerprint density at radius 1 is 1.30 bits per heavy atom. The van der Waals surface area contributed by atoms with Crippen LogP contribution in [0.15, 0.2) is 30.3 Å². The van der Waals surface area contributed by atoms with Crippen LogP contribution in [-0.2, 0) is 19.1 Å². The van der Waals surface area contributed by atoms with Gasteiger partial charge in [-0.25, -0.2) is 4.79 Å². The topological polar surface area (TPSA) is 90.7 Å². The van der Waals surface area contributed by atoms with E-state index in [9.17, 15) is 9.59 Å². The maximum atomic E-state index is 11.9. The van der Waals surface area contributed by atoms with E-state index in [4.69, 9.17) is 15.2 Å². The molecule has 1 aromatic rings. The highest BCUT2D eigenvalue weighted by atomic mass is 16.5. The third kappa shape index (κ3) is 5.81. The van der Waals surface area contributed by atoms with Gasteiger partial charge in [-0.3, -0.25) is 10.1 Å². The second kappa shape index (κ2) is 9.06. The molecule has 0 fully saturated rings. The molecule has 3 N–H and O–H groups in total. The summed E-state index contributed by atoms with van der Waals surface area (Å²) in [5.74, 6) is -0.858. The number of nitrogens with one attached hydrogen (secondary N) is 1. The summed E-state index contributed by atoms with van der Waals surface area (Å²) < 4.78 is 10.1. The fraction of sp³-hybridized carbons (Fsp3) is 0.429. The van der Waals surface area contributed by atoms with Gasteiger partial charge < -0.3 is 15.2 Å². The molecular weight excluding hydrogens is 260 g/mol. The number of primary amides is 1. The second-order valence-corrected chi connectivity index (χ2v) is 4.07. The molecule has 0 aromatic heterocycles. The zero-order valence-corrected chi connectivity index (χ0v) is 11.5. The highest BCUT2D eigenvalue weighted by Crippen LogP contribution is 2.14. The van der Waals surface area contributed by atoms with E-state index in [1.165, 1.54) is 0 Å². The molecule has 20 heavy (non-hydrogen) atoms. The fourth-order valence-electron chi connectivity index (χ4n) is 1.66. The first kappa shape index (κ1) is 16.1. The average Bonchev–Trinajstić information content (AvgIpc) is 2.43. The smallest absolute Gasteiger partial charge is 0.327 e. The van der Waals surface area contributed by atoms with Gasteiger partial charge in [-0.05, 0) is 12.5 Å². The van der Waals surface area contributed by atoms with Crippen molar-refractivity contribution in [1.82, 2.24) is 5.32 Å². The predicted molar refractivity (Wildman–Crippen MR) is 73.8 cm³/mol. The number of benzene rings is 1. The third-order valence-electron chi connectivity index (χ3n) is 2.49. The lowest BCUT2D eigenvalue weighted by atomic mass is 10.1. The van der Waals surface area contributed by atoms with Crippen LogP contribution in [0.1, 0.15) is 18.5 Å². The summed E-state index contributed by atoms with van der Waals surface area (Å²) >= 11 is 0. The monoisotopic (exact) mass is 280 g/mol. The summed E-state index contributed by atoms with van der Waals surface area (Å²) in [6.45, 7) is 2.65. The lowest BCUT2D eigenvalue weighted by Gasteiger charge is -2.17. The lowest BCUT2D eigenvalue weighted by molar-refractivity contribution is -0.146. The summed E-state index contributed by atoms with van der Waals surface area (Å²) in [5, 5.41) is 3.04. The average molecular weight is 280 g/mol. The maximum Gasteiger partial charge on any atom is 0.327 e. The van der Waals surface area contributed by atoms with E-state index in [2.05, 4.69) is 5.32 Å². The standard InChI is InChI=1S/C14H20N2O4/c1-2-20-14(18)13(11-6-4-3-5-7-11)16-8-9-19-10-12(15)17/h3-7,13,16H,2,8-10H2,1H3,(H2,15,17). The van der Waals surface area contributed by atoms with Crippen LogP contribution in [0.3, 0.4) is 0 Å². The molecule has 0 aliphatic carbocycles. The van der Waals surface area contributed by atoms with E-state index in [-0.39, 0.29) is 19.2 Å². The van der Waals surface area contributed by atoms with E-state index >= 15 is 0 Å². The summed E-state index contributed by atoms with van der Waals surface area (Å²) in [6, 6.07) is 8.73. The first-order chi connectivity index (χ1) is 9.65. The molecule has 0 saturated carbocycles. The third-order valence-corrected chi connectivity index (χ3v) is 2.49. The van der Waals surface area contributed by atoms with E-state index in [1.807, 2.05) is 30.3 Å². The van der Waals surface area contributed by atoms with Crippen LogP contribution in [0.2, 0.25) is 0 Å².